The topological polar surface area (TPSA) is 21.3 Å². The van der Waals surface area contributed by atoms with Crippen LogP contribution in [0.2, 0.25) is 0 Å². The summed E-state index contributed by atoms with van der Waals surface area (Å²) in [5, 5.41) is 3.53. The van der Waals surface area contributed by atoms with Crippen molar-refractivity contribution in [2.45, 2.75) is 50.7 Å². The standard InChI is InChI=1S/C16H21F2NO/c1-11-7-14(18)12(8-13(11)17)15-9-19-16(10-20-15)5-3-2-4-6-16/h7-8,15,19H,2-6,9-10H2,1H3. The maximum absolute atomic E-state index is 14.0. The van der Waals surface area contributed by atoms with Crippen molar-refractivity contribution in [1.29, 1.82) is 0 Å². The van der Waals surface area contributed by atoms with Crippen molar-refractivity contribution in [3.63, 3.8) is 0 Å². The Hall–Kier alpha value is -1.00. The molecule has 1 heterocycles. The summed E-state index contributed by atoms with van der Waals surface area (Å²) >= 11 is 0. The van der Waals surface area contributed by atoms with Crippen LogP contribution in [0.4, 0.5) is 8.78 Å². The maximum Gasteiger partial charge on any atom is 0.129 e. The van der Waals surface area contributed by atoms with Gasteiger partial charge in [-0.2, -0.15) is 0 Å². The van der Waals surface area contributed by atoms with Gasteiger partial charge in [-0.3, -0.25) is 0 Å². The smallest absolute Gasteiger partial charge is 0.129 e. The molecule has 1 aromatic carbocycles. The molecule has 1 aliphatic carbocycles. The number of hydrogen-bond acceptors (Lipinski definition) is 2. The maximum atomic E-state index is 14.0. The predicted molar refractivity (Wildman–Crippen MR) is 73.6 cm³/mol. The van der Waals surface area contributed by atoms with Gasteiger partial charge >= 0.3 is 0 Å². The zero-order valence-corrected chi connectivity index (χ0v) is 11.8. The second-order valence-corrected chi connectivity index (χ2v) is 6.14. The second kappa shape index (κ2) is 5.41. The monoisotopic (exact) mass is 281 g/mol. The summed E-state index contributed by atoms with van der Waals surface area (Å²) in [7, 11) is 0. The molecule has 1 aliphatic heterocycles. The lowest BCUT2D eigenvalue weighted by atomic mass is 9.81. The van der Waals surface area contributed by atoms with Crippen molar-refractivity contribution in [2.24, 2.45) is 0 Å². The molecular formula is C16H21F2NO. The summed E-state index contributed by atoms with van der Waals surface area (Å²) in [6.07, 6.45) is 5.56. The number of rotatable bonds is 1. The molecule has 20 heavy (non-hydrogen) atoms. The summed E-state index contributed by atoms with van der Waals surface area (Å²) in [4.78, 5) is 0. The van der Waals surface area contributed by atoms with Gasteiger partial charge in [-0.1, -0.05) is 19.3 Å². The lowest BCUT2D eigenvalue weighted by Gasteiger charge is -2.43. The third kappa shape index (κ3) is 2.59. The number of benzene rings is 1. The Labute approximate surface area is 118 Å². The fourth-order valence-corrected chi connectivity index (χ4v) is 3.34. The van der Waals surface area contributed by atoms with Gasteiger partial charge in [0.05, 0.1) is 12.7 Å². The van der Waals surface area contributed by atoms with Crippen molar-refractivity contribution in [1.82, 2.24) is 5.32 Å². The largest absolute Gasteiger partial charge is 0.370 e. The third-order valence-electron chi connectivity index (χ3n) is 4.66. The minimum Gasteiger partial charge on any atom is -0.370 e. The minimum atomic E-state index is -0.391. The van der Waals surface area contributed by atoms with Crippen LogP contribution >= 0.6 is 0 Å². The van der Waals surface area contributed by atoms with E-state index in [9.17, 15) is 8.78 Å². The van der Waals surface area contributed by atoms with Crippen molar-refractivity contribution >= 4 is 0 Å². The highest BCUT2D eigenvalue weighted by Crippen LogP contribution is 2.34. The summed E-state index contributed by atoms with van der Waals surface area (Å²) in [6, 6.07) is 2.52. The zero-order chi connectivity index (χ0) is 14.2. The molecule has 4 heteroatoms. The first-order valence-electron chi connectivity index (χ1n) is 7.42. The van der Waals surface area contributed by atoms with Gasteiger partial charge in [-0.25, -0.2) is 8.78 Å². The first-order valence-corrected chi connectivity index (χ1v) is 7.42. The Morgan fingerprint density at radius 1 is 1.15 bits per heavy atom. The van der Waals surface area contributed by atoms with Gasteiger partial charge in [0.1, 0.15) is 11.6 Å². The quantitative estimate of drug-likeness (QED) is 0.848. The van der Waals surface area contributed by atoms with Gasteiger partial charge in [-0.05, 0) is 37.5 Å². The average Bonchev–Trinajstić information content (AvgIpc) is 2.45. The van der Waals surface area contributed by atoms with E-state index in [0.717, 1.165) is 12.8 Å². The van der Waals surface area contributed by atoms with Crippen LogP contribution in [0.1, 0.15) is 49.3 Å². The molecule has 1 saturated heterocycles. The molecule has 1 aromatic rings. The molecule has 1 unspecified atom stereocenters. The van der Waals surface area contributed by atoms with Gasteiger partial charge in [0.15, 0.2) is 0 Å². The van der Waals surface area contributed by atoms with E-state index in [1.807, 2.05) is 0 Å². The molecule has 0 aromatic heterocycles. The normalized spacial score (nSPS) is 25.9. The molecule has 2 nitrogen and oxygen atoms in total. The number of halogens is 2. The van der Waals surface area contributed by atoms with E-state index < -0.39 is 6.10 Å². The molecule has 1 atom stereocenters. The first kappa shape index (κ1) is 14.0. The molecule has 0 bridgehead atoms. The highest BCUT2D eigenvalue weighted by atomic mass is 19.1. The van der Waals surface area contributed by atoms with E-state index in [1.165, 1.54) is 31.4 Å². The van der Waals surface area contributed by atoms with Crippen LogP contribution in [0.5, 0.6) is 0 Å². The minimum absolute atomic E-state index is 0.0640. The molecule has 0 amide bonds. The third-order valence-corrected chi connectivity index (χ3v) is 4.66. The molecule has 0 radical (unpaired) electrons. The zero-order valence-electron chi connectivity index (χ0n) is 11.8. The molecule has 110 valence electrons. The van der Waals surface area contributed by atoms with E-state index in [2.05, 4.69) is 5.32 Å². The van der Waals surface area contributed by atoms with Crippen molar-refractivity contribution in [3.8, 4) is 0 Å². The lowest BCUT2D eigenvalue weighted by Crippen LogP contribution is -2.55. The molecule has 1 N–H and O–H groups in total. The number of aryl methyl sites for hydroxylation is 1. The molecule has 2 aliphatic rings. The predicted octanol–water partition coefficient (Wildman–Crippen LogP) is 3.64. The molecular weight excluding hydrogens is 260 g/mol. The van der Waals surface area contributed by atoms with Gasteiger partial charge in [0.2, 0.25) is 0 Å². The van der Waals surface area contributed by atoms with E-state index in [-0.39, 0.29) is 17.2 Å². The molecule has 1 saturated carbocycles. The van der Waals surface area contributed by atoms with Crippen LogP contribution in [-0.4, -0.2) is 18.7 Å². The van der Waals surface area contributed by atoms with Gasteiger partial charge < -0.3 is 10.1 Å². The van der Waals surface area contributed by atoms with Crippen LogP contribution in [0.3, 0.4) is 0 Å². The Morgan fingerprint density at radius 2 is 1.90 bits per heavy atom. The number of nitrogens with one attached hydrogen (secondary N) is 1. The van der Waals surface area contributed by atoms with Crippen LogP contribution in [0.25, 0.3) is 0 Å². The van der Waals surface area contributed by atoms with Crippen LogP contribution in [-0.2, 0) is 4.74 Å². The summed E-state index contributed by atoms with van der Waals surface area (Å²) in [6.45, 7) is 2.71. The van der Waals surface area contributed by atoms with E-state index in [1.54, 1.807) is 6.92 Å². The average molecular weight is 281 g/mol. The Bertz CT molecular complexity index is 487. The van der Waals surface area contributed by atoms with Gasteiger partial charge in [0, 0.05) is 17.6 Å². The highest BCUT2D eigenvalue weighted by molar-refractivity contribution is 5.27. The molecule has 1 spiro atoms. The SMILES string of the molecule is Cc1cc(F)c(C2CNC3(CCCCC3)CO2)cc1F. The van der Waals surface area contributed by atoms with E-state index in [0.29, 0.717) is 24.3 Å². The van der Waals surface area contributed by atoms with Crippen LogP contribution < -0.4 is 5.32 Å². The van der Waals surface area contributed by atoms with Crippen molar-refractivity contribution in [2.75, 3.05) is 13.2 Å². The molecule has 2 fully saturated rings. The fraction of sp³-hybridized carbons (Fsp3) is 0.625. The van der Waals surface area contributed by atoms with Gasteiger partial charge in [-0.15, -0.1) is 0 Å². The Kier molecular flexibility index (Phi) is 3.78. The number of morpholine rings is 1. The van der Waals surface area contributed by atoms with Crippen molar-refractivity contribution < 1.29 is 13.5 Å². The Balaban J connectivity index is 1.73. The summed E-state index contributed by atoms with van der Waals surface area (Å²) in [5.41, 5.74) is 0.721. The number of hydrogen-bond donors (Lipinski definition) is 1. The lowest BCUT2D eigenvalue weighted by molar-refractivity contribution is -0.0481. The first-order chi connectivity index (χ1) is 9.60. The highest BCUT2D eigenvalue weighted by Gasteiger charge is 2.37. The van der Waals surface area contributed by atoms with Gasteiger partial charge in [0.25, 0.3) is 0 Å². The van der Waals surface area contributed by atoms with E-state index in [4.69, 9.17) is 4.74 Å². The number of ether oxygens (including phenoxy) is 1. The Morgan fingerprint density at radius 3 is 2.55 bits per heavy atom. The fourth-order valence-electron chi connectivity index (χ4n) is 3.34. The molecule has 3 rings (SSSR count). The van der Waals surface area contributed by atoms with Crippen molar-refractivity contribution in [3.05, 3.63) is 34.9 Å². The second-order valence-electron chi connectivity index (χ2n) is 6.14. The van der Waals surface area contributed by atoms with E-state index >= 15 is 0 Å². The van der Waals surface area contributed by atoms with Crippen LogP contribution in [0, 0.1) is 18.6 Å². The van der Waals surface area contributed by atoms with Crippen LogP contribution in [0.15, 0.2) is 12.1 Å². The summed E-state index contributed by atoms with van der Waals surface area (Å²) in [5.74, 6) is -0.752. The summed E-state index contributed by atoms with van der Waals surface area (Å²) < 4.78 is 33.5.